The topological polar surface area (TPSA) is 12.5 Å². The summed E-state index contributed by atoms with van der Waals surface area (Å²) in [6, 6.07) is 3.40. The molecule has 4 heteroatoms. The molecule has 0 aliphatic carbocycles. The van der Waals surface area contributed by atoms with Crippen molar-refractivity contribution in [3.05, 3.63) is 35.4 Å². The molecule has 0 radical (unpaired) electrons. The van der Waals surface area contributed by atoms with E-state index in [4.69, 9.17) is 4.84 Å². The molecular weight excluding hydrogens is 176 g/mol. The van der Waals surface area contributed by atoms with Crippen molar-refractivity contribution in [1.29, 1.82) is 0 Å². The van der Waals surface area contributed by atoms with Gasteiger partial charge in [-0.1, -0.05) is 0 Å². The molecule has 0 aliphatic rings. The van der Waals surface area contributed by atoms with E-state index in [9.17, 15) is 8.78 Å². The van der Waals surface area contributed by atoms with Gasteiger partial charge in [-0.3, -0.25) is 0 Å². The molecule has 0 aromatic heterocycles. The first-order chi connectivity index (χ1) is 6.11. The van der Waals surface area contributed by atoms with Crippen molar-refractivity contribution in [1.82, 2.24) is 5.06 Å². The first-order valence-corrected chi connectivity index (χ1v) is 3.82. The van der Waals surface area contributed by atoms with Gasteiger partial charge in [-0.25, -0.2) is 8.78 Å². The predicted molar refractivity (Wildman–Crippen MR) is 44.8 cm³/mol. The van der Waals surface area contributed by atoms with Gasteiger partial charge in [0.15, 0.2) is 0 Å². The van der Waals surface area contributed by atoms with Crippen molar-refractivity contribution in [3.63, 3.8) is 0 Å². The van der Waals surface area contributed by atoms with Gasteiger partial charge in [-0.05, 0) is 17.7 Å². The molecule has 0 bridgehead atoms. The van der Waals surface area contributed by atoms with Crippen LogP contribution in [0.5, 0.6) is 0 Å². The molecule has 0 aliphatic heterocycles. The second kappa shape index (κ2) is 4.30. The van der Waals surface area contributed by atoms with Crippen molar-refractivity contribution < 1.29 is 13.6 Å². The van der Waals surface area contributed by atoms with Crippen molar-refractivity contribution >= 4 is 0 Å². The summed E-state index contributed by atoms with van der Waals surface area (Å²) >= 11 is 0. The average Bonchev–Trinajstić information content (AvgIpc) is 2.02. The Morgan fingerprint density at radius 2 is 1.77 bits per heavy atom. The van der Waals surface area contributed by atoms with E-state index in [1.54, 1.807) is 7.05 Å². The Morgan fingerprint density at radius 1 is 1.23 bits per heavy atom. The highest BCUT2D eigenvalue weighted by Crippen LogP contribution is 2.09. The van der Waals surface area contributed by atoms with Crippen LogP contribution in [0.4, 0.5) is 8.78 Å². The molecule has 2 nitrogen and oxygen atoms in total. The van der Waals surface area contributed by atoms with Crippen LogP contribution in [0.25, 0.3) is 0 Å². The van der Waals surface area contributed by atoms with Crippen LogP contribution in [0.3, 0.4) is 0 Å². The summed E-state index contributed by atoms with van der Waals surface area (Å²) in [6.45, 7) is 0.352. The van der Waals surface area contributed by atoms with Gasteiger partial charge in [0.05, 0.1) is 7.11 Å². The van der Waals surface area contributed by atoms with E-state index in [0.29, 0.717) is 12.1 Å². The lowest BCUT2D eigenvalue weighted by atomic mass is 10.2. The van der Waals surface area contributed by atoms with Gasteiger partial charge in [0.25, 0.3) is 0 Å². The number of hydrogen-bond acceptors (Lipinski definition) is 2. The predicted octanol–water partition coefficient (Wildman–Crippen LogP) is 1.96. The van der Waals surface area contributed by atoms with Crippen LogP contribution in [0.15, 0.2) is 18.2 Å². The van der Waals surface area contributed by atoms with Gasteiger partial charge in [-0.2, -0.15) is 5.06 Å². The van der Waals surface area contributed by atoms with Gasteiger partial charge >= 0.3 is 0 Å². The van der Waals surface area contributed by atoms with Crippen LogP contribution in [0, 0.1) is 11.6 Å². The smallest absolute Gasteiger partial charge is 0.126 e. The highest BCUT2D eigenvalue weighted by molar-refractivity contribution is 5.17. The van der Waals surface area contributed by atoms with Crippen LogP contribution in [-0.2, 0) is 11.4 Å². The fourth-order valence-corrected chi connectivity index (χ4v) is 1.02. The van der Waals surface area contributed by atoms with Crippen LogP contribution in [0.1, 0.15) is 5.56 Å². The molecule has 1 aromatic carbocycles. The van der Waals surface area contributed by atoms with Gasteiger partial charge < -0.3 is 4.84 Å². The van der Waals surface area contributed by atoms with Gasteiger partial charge in [0.2, 0.25) is 0 Å². The lowest BCUT2D eigenvalue weighted by molar-refractivity contribution is -0.116. The fourth-order valence-electron chi connectivity index (χ4n) is 1.02. The summed E-state index contributed by atoms with van der Waals surface area (Å²) < 4.78 is 25.4. The molecule has 0 unspecified atom stereocenters. The molecule has 0 N–H and O–H groups in total. The maximum atomic E-state index is 12.7. The molecule has 0 amide bonds. The normalized spacial score (nSPS) is 10.8. The Labute approximate surface area is 75.7 Å². The minimum atomic E-state index is -0.570. The van der Waals surface area contributed by atoms with Crippen LogP contribution < -0.4 is 0 Å². The Morgan fingerprint density at radius 3 is 2.23 bits per heavy atom. The SMILES string of the molecule is CON(C)Cc1cc(F)cc(F)c1. The molecule has 72 valence electrons. The summed E-state index contributed by atoms with van der Waals surface area (Å²) in [5.74, 6) is -1.14. The molecule has 0 fully saturated rings. The monoisotopic (exact) mass is 187 g/mol. The Hall–Kier alpha value is -1.00. The molecule has 0 heterocycles. The molecule has 0 spiro atoms. The molecule has 0 atom stereocenters. The Kier molecular flexibility index (Phi) is 3.33. The standard InChI is InChI=1S/C9H11F2NO/c1-12(13-2)6-7-3-8(10)5-9(11)4-7/h3-5H,6H2,1-2H3. The molecular formula is C9H11F2NO. The minimum Gasteiger partial charge on any atom is -0.302 e. The lowest BCUT2D eigenvalue weighted by Crippen LogP contribution is -2.15. The zero-order valence-corrected chi connectivity index (χ0v) is 7.55. The number of benzene rings is 1. The van der Waals surface area contributed by atoms with E-state index in [1.807, 2.05) is 0 Å². The summed E-state index contributed by atoms with van der Waals surface area (Å²) in [5, 5.41) is 1.48. The van der Waals surface area contributed by atoms with E-state index in [0.717, 1.165) is 6.07 Å². The highest BCUT2D eigenvalue weighted by Gasteiger charge is 2.02. The quantitative estimate of drug-likeness (QED) is 0.671. The number of nitrogens with zero attached hydrogens (tertiary/aromatic N) is 1. The number of halogens is 2. The van der Waals surface area contributed by atoms with E-state index in [1.165, 1.54) is 24.3 Å². The summed E-state index contributed by atoms with van der Waals surface area (Å²) in [6.07, 6.45) is 0. The third-order valence-electron chi connectivity index (χ3n) is 1.64. The summed E-state index contributed by atoms with van der Waals surface area (Å²) in [5.41, 5.74) is 0.543. The third-order valence-corrected chi connectivity index (χ3v) is 1.64. The highest BCUT2D eigenvalue weighted by atomic mass is 19.1. The lowest BCUT2D eigenvalue weighted by Gasteiger charge is -2.13. The first kappa shape index (κ1) is 10.1. The van der Waals surface area contributed by atoms with Gasteiger partial charge in [0.1, 0.15) is 11.6 Å². The Balaban J connectivity index is 2.77. The second-order valence-corrected chi connectivity index (χ2v) is 2.75. The molecule has 1 aromatic rings. The van der Waals surface area contributed by atoms with E-state index < -0.39 is 11.6 Å². The van der Waals surface area contributed by atoms with E-state index in [2.05, 4.69) is 0 Å². The van der Waals surface area contributed by atoms with Crippen LogP contribution in [-0.4, -0.2) is 19.2 Å². The number of rotatable bonds is 3. The van der Waals surface area contributed by atoms with Gasteiger partial charge in [-0.15, -0.1) is 0 Å². The van der Waals surface area contributed by atoms with Gasteiger partial charge in [0, 0.05) is 19.7 Å². The van der Waals surface area contributed by atoms with Crippen LogP contribution in [0.2, 0.25) is 0 Å². The molecule has 13 heavy (non-hydrogen) atoms. The zero-order valence-electron chi connectivity index (χ0n) is 7.55. The summed E-state index contributed by atoms with van der Waals surface area (Å²) in [7, 11) is 3.18. The minimum absolute atomic E-state index is 0.352. The fraction of sp³-hybridized carbons (Fsp3) is 0.333. The maximum Gasteiger partial charge on any atom is 0.126 e. The van der Waals surface area contributed by atoms with E-state index >= 15 is 0 Å². The molecule has 0 saturated carbocycles. The second-order valence-electron chi connectivity index (χ2n) is 2.75. The van der Waals surface area contributed by atoms with Crippen molar-refractivity contribution in [2.24, 2.45) is 0 Å². The molecule has 1 rings (SSSR count). The zero-order chi connectivity index (χ0) is 9.84. The van der Waals surface area contributed by atoms with E-state index in [-0.39, 0.29) is 0 Å². The van der Waals surface area contributed by atoms with Crippen LogP contribution >= 0.6 is 0 Å². The first-order valence-electron chi connectivity index (χ1n) is 3.82. The number of hydroxylamine groups is 2. The molecule has 0 saturated heterocycles. The maximum absolute atomic E-state index is 12.7. The Bertz CT molecular complexity index is 271. The third kappa shape index (κ3) is 3.08. The number of hydrogen-bond donors (Lipinski definition) is 0. The summed E-state index contributed by atoms with van der Waals surface area (Å²) in [4.78, 5) is 4.82. The van der Waals surface area contributed by atoms with Crippen molar-refractivity contribution in [3.8, 4) is 0 Å². The largest absolute Gasteiger partial charge is 0.302 e. The van der Waals surface area contributed by atoms with Crippen molar-refractivity contribution in [2.75, 3.05) is 14.2 Å². The average molecular weight is 187 g/mol. The van der Waals surface area contributed by atoms with Crippen molar-refractivity contribution in [2.45, 2.75) is 6.54 Å².